The highest BCUT2D eigenvalue weighted by atomic mass is 15.3. The Hall–Kier alpha value is -2.63. The molecule has 2 heterocycles. The van der Waals surface area contributed by atoms with E-state index in [1.807, 2.05) is 41.9 Å². The van der Waals surface area contributed by atoms with Crippen LogP contribution in [0, 0.1) is 0 Å². The molecule has 0 aliphatic heterocycles. The first-order valence-corrected chi connectivity index (χ1v) is 5.50. The monoisotopic (exact) mass is 240 g/mol. The van der Waals surface area contributed by atoms with Gasteiger partial charge in [0.2, 0.25) is 0 Å². The highest BCUT2D eigenvalue weighted by molar-refractivity contribution is 5.69. The third-order valence-electron chi connectivity index (χ3n) is 2.76. The Kier molecular flexibility index (Phi) is 2.33. The van der Waals surface area contributed by atoms with Crippen LogP contribution in [-0.2, 0) is 7.05 Å². The minimum atomic E-state index is 0.553. The van der Waals surface area contributed by atoms with E-state index in [1.54, 1.807) is 17.2 Å². The van der Waals surface area contributed by atoms with Gasteiger partial charge in [0, 0.05) is 7.05 Å². The minimum Gasteiger partial charge on any atom is -0.383 e. The summed E-state index contributed by atoms with van der Waals surface area (Å²) in [5.74, 6) is 1.26. The molecule has 0 aliphatic rings. The van der Waals surface area contributed by atoms with Crippen LogP contribution in [0.4, 0.5) is 5.82 Å². The molecule has 0 aliphatic carbocycles. The van der Waals surface area contributed by atoms with Gasteiger partial charge in [-0.25, -0.2) is 4.68 Å². The molecule has 0 bridgehead atoms. The van der Waals surface area contributed by atoms with Gasteiger partial charge in [-0.2, -0.15) is 5.10 Å². The van der Waals surface area contributed by atoms with Crippen LogP contribution in [0.2, 0.25) is 0 Å². The maximum Gasteiger partial charge on any atom is 0.168 e. The fourth-order valence-electron chi connectivity index (χ4n) is 1.83. The molecule has 2 N–H and O–H groups in total. The zero-order chi connectivity index (χ0) is 12.5. The predicted octanol–water partition coefficient (Wildman–Crippen LogP) is 1.25. The van der Waals surface area contributed by atoms with Gasteiger partial charge in [0.15, 0.2) is 5.82 Å². The van der Waals surface area contributed by atoms with E-state index in [9.17, 15) is 0 Å². The average molecular weight is 240 g/mol. The quantitative estimate of drug-likeness (QED) is 0.731. The molecule has 0 unspecified atom stereocenters. The molecule has 0 fully saturated rings. The second-order valence-electron chi connectivity index (χ2n) is 3.96. The van der Waals surface area contributed by atoms with Crippen molar-refractivity contribution in [2.24, 2.45) is 7.05 Å². The van der Waals surface area contributed by atoms with E-state index in [4.69, 9.17) is 5.73 Å². The third-order valence-corrected chi connectivity index (χ3v) is 2.76. The first-order chi connectivity index (χ1) is 8.77. The number of anilines is 1. The summed E-state index contributed by atoms with van der Waals surface area (Å²) in [5, 5.41) is 12.2. The van der Waals surface area contributed by atoms with Gasteiger partial charge < -0.3 is 10.3 Å². The maximum absolute atomic E-state index is 6.11. The van der Waals surface area contributed by atoms with Crippen molar-refractivity contribution in [1.29, 1.82) is 0 Å². The van der Waals surface area contributed by atoms with Crippen LogP contribution in [0.5, 0.6) is 0 Å². The second kappa shape index (κ2) is 3.99. The Morgan fingerprint density at radius 2 is 1.94 bits per heavy atom. The lowest BCUT2D eigenvalue weighted by Crippen LogP contribution is -2.02. The van der Waals surface area contributed by atoms with Crippen molar-refractivity contribution < 1.29 is 0 Å². The number of nitrogens with two attached hydrogens (primary N) is 1. The molecule has 0 saturated carbocycles. The third kappa shape index (κ3) is 1.55. The van der Waals surface area contributed by atoms with Crippen molar-refractivity contribution in [2.75, 3.05) is 5.73 Å². The number of nitrogen functional groups attached to an aromatic ring is 1. The van der Waals surface area contributed by atoms with E-state index < -0.39 is 0 Å². The Bertz CT molecular complexity index is 667. The number of hydrogen-bond acceptors (Lipinski definition) is 4. The summed E-state index contributed by atoms with van der Waals surface area (Å²) in [6.07, 6.45) is 3.33. The topological polar surface area (TPSA) is 74.5 Å². The molecule has 1 aromatic carbocycles. The Morgan fingerprint density at radius 3 is 2.61 bits per heavy atom. The van der Waals surface area contributed by atoms with Crippen LogP contribution in [0.3, 0.4) is 0 Å². The average Bonchev–Trinajstić information content (AvgIpc) is 2.96. The molecule has 3 aromatic rings. The molecule has 6 nitrogen and oxygen atoms in total. The van der Waals surface area contributed by atoms with Gasteiger partial charge in [-0.05, 0) is 12.1 Å². The van der Waals surface area contributed by atoms with Gasteiger partial charge in [-0.3, -0.25) is 0 Å². The van der Waals surface area contributed by atoms with E-state index in [1.165, 1.54) is 0 Å². The summed E-state index contributed by atoms with van der Waals surface area (Å²) in [4.78, 5) is 0. The number of hydrogen-bond donors (Lipinski definition) is 1. The predicted molar refractivity (Wildman–Crippen MR) is 68.0 cm³/mol. The summed E-state index contributed by atoms with van der Waals surface area (Å²) in [5.41, 5.74) is 7.81. The van der Waals surface area contributed by atoms with Crippen LogP contribution in [-0.4, -0.2) is 24.5 Å². The molecule has 6 heteroatoms. The minimum absolute atomic E-state index is 0.553. The molecular formula is C12H12N6. The van der Waals surface area contributed by atoms with Crippen molar-refractivity contribution >= 4 is 5.82 Å². The number of rotatable bonds is 2. The zero-order valence-corrected chi connectivity index (χ0v) is 9.85. The summed E-state index contributed by atoms with van der Waals surface area (Å²) >= 11 is 0. The van der Waals surface area contributed by atoms with E-state index in [0.717, 1.165) is 11.3 Å². The number of nitrogens with zero attached hydrogens (tertiary/aromatic N) is 5. The molecule has 2 aromatic heterocycles. The second-order valence-corrected chi connectivity index (χ2v) is 3.96. The van der Waals surface area contributed by atoms with Crippen molar-refractivity contribution in [3.8, 4) is 17.1 Å². The van der Waals surface area contributed by atoms with E-state index >= 15 is 0 Å². The van der Waals surface area contributed by atoms with Crippen LogP contribution in [0.15, 0.2) is 42.9 Å². The molecule has 0 radical (unpaired) electrons. The van der Waals surface area contributed by atoms with Crippen LogP contribution in [0.1, 0.15) is 0 Å². The molecule has 0 atom stereocenters. The van der Waals surface area contributed by atoms with Crippen molar-refractivity contribution in [3.63, 3.8) is 0 Å². The molecule has 0 spiro atoms. The lowest BCUT2D eigenvalue weighted by Gasteiger charge is -2.04. The van der Waals surface area contributed by atoms with Gasteiger partial charge in [-0.15, -0.1) is 10.2 Å². The SMILES string of the molecule is Cn1cnnc1-c1cnn(-c2ccccc2)c1N. The molecule has 90 valence electrons. The standard InChI is InChI=1S/C12H12N6/c1-17-8-14-16-12(17)10-7-15-18(11(10)13)9-5-3-2-4-6-9/h2-8H,13H2,1H3. The molecule has 18 heavy (non-hydrogen) atoms. The van der Waals surface area contributed by atoms with Crippen molar-refractivity contribution in [1.82, 2.24) is 24.5 Å². The summed E-state index contributed by atoms with van der Waals surface area (Å²) in [7, 11) is 1.87. The van der Waals surface area contributed by atoms with Crippen LogP contribution >= 0.6 is 0 Å². The van der Waals surface area contributed by atoms with E-state index in [-0.39, 0.29) is 0 Å². The first-order valence-electron chi connectivity index (χ1n) is 5.50. The maximum atomic E-state index is 6.11. The first kappa shape index (κ1) is 10.5. The fraction of sp³-hybridized carbons (Fsp3) is 0.0833. The van der Waals surface area contributed by atoms with Gasteiger partial charge in [0.1, 0.15) is 12.1 Å². The number of aryl methyl sites for hydroxylation is 1. The lowest BCUT2D eigenvalue weighted by atomic mass is 10.3. The summed E-state index contributed by atoms with van der Waals surface area (Å²) in [6.45, 7) is 0. The Morgan fingerprint density at radius 1 is 1.17 bits per heavy atom. The van der Waals surface area contributed by atoms with E-state index in [0.29, 0.717) is 11.6 Å². The smallest absolute Gasteiger partial charge is 0.168 e. The summed E-state index contributed by atoms with van der Waals surface area (Å²) in [6, 6.07) is 9.73. The Balaban J connectivity index is 2.12. The normalized spacial score (nSPS) is 10.7. The number of benzene rings is 1. The van der Waals surface area contributed by atoms with Crippen molar-refractivity contribution in [3.05, 3.63) is 42.9 Å². The highest BCUT2D eigenvalue weighted by Crippen LogP contribution is 2.25. The van der Waals surface area contributed by atoms with Gasteiger partial charge >= 0.3 is 0 Å². The van der Waals surface area contributed by atoms with Gasteiger partial charge in [-0.1, -0.05) is 18.2 Å². The fourth-order valence-corrected chi connectivity index (χ4v) is 1.83. The van der Waals surface area contributed by atoms with Crippen molar-refractivity contribution in [2.45, 2.75) is 0 Å². The molecule has 0 amide bonds. The molecular weight excluding hydrogens is 228 g/mol. The van der Waals surface area contributed by atoms with Crippen LogP contribution < -0.4 is 5.73 Å². The van der Waals surface area contributed by atoms with E-state index in [2.05, 4.69) is 15.3 Å². The molecule has 3 rings (SSSR count). The number of para-hydroxylation sites is 1. The Labute approximate surface area is 104 Å². The van der Waals surface area contributed by atoms with Gasteiger partial charge in [0.25, 0.3) is 0 Å². The molecule has 0 saturated heterocycles. The summed E-state index contributed by atoms with van der Waals surface area (Å²) < 4.78 is 3.49. The lowest BCUT2D eigenvalue weighted by molar-refractivity contribution is 0.891. The highest BCUT2D eigenvalue weighted by Gasteiger charge is 2.14. The van der Waals surface area contributed by atoms with Crippen LogP contribution in [0.25, 0.3) is 17.1 Å². The number of aromatic nitrogens is 5. The zero-order valence-electron chi connectivity index (χ0n) is 9.85. The largest absolute Gasteiger partial charge is 0.383 e. The van der Waals surface area contributed by atoms with Gasteiger partial charge in [0.05, 0.1) is 17.4 Å².